The van der Waals surface area contributed by atoms with Crippen LogP contribution in [0.15, 0.2) is 146 Å². The van der Waals surface area contributed by atoms with E-state index in [9.17, 15) is 14.4 Å². The van der Waals surface area contributed by atoms with Crippen LogP contribution in [0.4, 0.5) is 0 Å². The van der Waals surface area contributed by atoms with Gasteiger partial charge in [0.2, 0.25) is 0 Å². The third-order valence-corrected chi connectivity index (χ3v) is 14.3. The van der Waals surface area contributed by atoms with Crippen molar-refractivity contribution < 1.29 is 28.6 Å². The first-order valence-corrected chi connectivity index (χ1v) is 34.3. The SMILES string of the molecule is CC/C=C\C/C=C\C/C=C\C/C=C\C/C=C\C/C=C\CCCCC(=O)OC(COC(=O)CCC/C=C\C/C=C\C/C=C\C/C=C\C/C=C\CC)COC(=O)CCCCCCCCCCCCCCCCC/C=C\CCCCCCCCCC. The van der Waals surface area contributed by atoms with Gasteiger partial charge in [-0.1, -0.05) is 295 Å². The van der Waals surface area contributed by atoms with E-state index < -0.39 is 6.10 Å². The molecule has 0 aromatic heterocycles. The molecule has 0 saturated heterocycles. The van der Waals surface area contributed by atoms with Crippen molar-refractivity contribution in [1.82, 2.24) is 0 Å². The van der Waals surface area contributed by atoms with Crippen molar-refractivity contribution >= 4 is 17.9 Å². The molecule has 0 aliphatic rings. The highest BCUT2D eigenvalue weighted by atomic mass is 16.6. The monoisotopic (exact) mass is 1150 g/mol. The summed E-state index contributed by atoms with van der Waals surface area (Å²) in [6.07, 6.45) is 100. The molecule has 470 valence electrons. The molecule has 6 heteroatoms. The molecule has 0 aliphatic heterocycles. The maximum Gasteiger partial charge on any atom is 0.306 e. The van der Waals surface area contributed by atoms with E-state index in [0.717, 1.165) is 109 Å². The minimum atomic E-state index is -0.832. The lowest BCUT2D eigenvalue weighted by molar-refractivity contribution is -0.167. The average Bonchev–Trinajstić information content (AvgIpc) is 3.50. The minimum absolute atomic E-state index is 0.117. The van der Waals surface area contributed by atoms with E-state index in [4.69, 9.17) is 14.2 Å². The first-order valence-electron chi connectivity index (χ1n) is 34.3. The van der Waals surface area contributed by atoms with Crippen molar-refractivity contribution in [1.29, 1.82) is 0 Å². The predicted molar refractivity (Wildman–Crippen MR) is 362 cm³/mol. The van der Waals surface area contributed by atoms with Gasteiger partial charge < -0.3 is 14.2 Å². The fourth-order valence-electron chi connectivity index (χ4n) is 9.24. The zero-order valence-corrected chi connectivity index (χ0v) is 53.9. The molecule has 0 aromatic carbocycles. The summed E-state index contributed by atoms with van der Waals surface area (Å²) >= 11 is 0. The molecule has 0 rings (SSSR count). The normalized spacial score (nSPS) is 13.0. The molecule has 0 amide bonds. The Morgan fingerprint density at radius 1 is 0.253 bits per heavy atom. The molecule has 6 nitrogen and oxygen atoms in total. The van der Waals surface area contributed by atoms with Gasteiger partial charge in [-0.3, -0.25) is 14.4 Å². The first kappa shape index (κ1) is 78.3. The lowest BCUT2D eigenvalue weighted by Crippen LogP contribution is -2.30. The van der Waals surface area contributed by atoms with Crippen LogP contribution in [0.5, 0.6) is 0 Å². The second-order valence-corrected chi connectivity index (χ2v) is 22.3. The maximum absolute atomic E-state index is 12.9. The van der Waals surface area contributed by atoms with Gasteiger partial charge in [0.1, 0.15) is 13.2 Å². The van der Waals surface area contributed by atoms with Gasteiger partial charge in [-0.25, -0.2) is 0 Å². The Morgan fingerprint density at radius 2 is 0.482 bits per heavy atom. The number of unbranched alkanes of at least 4 members (excludes halogenated alkanes) is 26. The smallest absolute Gasteiger partial charge is 0.306 e. The average molecular weight is 1150 g/mol. The molecule has 0 radical (unpaired) electrons. The van der Waals surface area contributed by atoms with Crippen LogP contribution in [-0.2, 0) is 28.6 Å². The van der Waals surface area contributed by atoms with Crippen LogP contribution in [0.1, 0.15) is 303 Å². The van der Waals surface area contributed by atoms with Crippen LogP contribution in [0.3, 0.4) is 0 Å². The van der Waals surface area contributed by atoms with E-state index in [-0.39, 0.29) is 44.0 Å². The third kappa shape index (κ3) is 68.0. The van der Waals surface area contributed by atoms with E-state index in [1.165, 1.54) is 141 Å². The second-order valence-electron chi connectivity index (χ2n) is 22.3. The van der Waals surface area contributed by atoms with Gasteiger partial charge in [0.25, 0.3) is 0 Å². The molecule has 0 bridgehead atoms. The Morgan fingerprint density at radius 3 is 0.819 bits per heavy atom. The molecule has 0 N–H and O–H groups in total. The van der Waals surface area contributed by atoms with E-state index in [1.54, 1.807) is 0 Å². The Hall–Kier alpha value is -4.71. The highest BCUT2D eigenvalue weighted by Crippen LogP contribution is 2.16. The zero-order chi connectivity index (χ0) is 59.9. The van der Waals surface area contributed by atoms with Gasteiger partial charge in [0, 0.05) is 19.3 Å². The fourth-order valence-corrected chi connectivity index (χ4v) is 9.24. The van der Waals surface area contributed by atoms with Crippen molar-refractivity contribution in [3.8, 4) is 0 Å². The highest BCUT2D eigenvalue weighted by molar-refractivity contribution is 5.71. The van der Waals surface area contributed by atoms with Gasteiger partial charge >= 0.3 is 17.9 Å². The summed E-state index contributed by atoms with van der Waals surface area (Å²) in [5, 5.41) is 0. The summed E-state index contributed by atoms with van der Waals surface area (Å²) < 4.78 is 16.9. The molecular weight excluding hydrogens is 1020 g/mol. The Bertz CT molecular complexity index is 1800. The summed E-state index contributed by atoms with van der Waals surface area (Å²) in [6.45, 7) is 6.35. The standard InChI is InChI=1S/C77H126O6/c1-4-7-10-13-16-19-22-25-28-31-33-35-36-37-38-39-40-42-43-46-49-52-55-58-61-64-67-70-76(79)82-73-74(72-81-75(78)69-66-63-60-57-54-51-48-45-30-27-24-21-18-15-12-9-6-3)83-77(80)71-68-65-62-59-56-53-50-47-44-41-34-32-29-26-23-20-17-14-11-8-5-2/h8-9,11-12,17-18,20-21,26-27,29-31,33-34,41,47-48,50-51,56-57,59-60,74H,4-7,10,13-16,19,22-25,28,32,35-40,42-46,49,52-55,58,61-73H2,1-3H3/b11-8-,12-9-,20-17-,21-18-,29-26-,30-27-,33-31-,41-34-,50-47-,51-48-,59-56-,60-57-. The van der Waals surface area contributed by atoms with E-state index in [1.807, 2.05) is 0 Å². The number of hydrogen-bond donors (Lipinski definition) is 0. The lowest BCUT2D eigenvalue weighted by Gasteiger charge is -2.18. The predicted octanol–water partition coefficient (Wildman–Crippen LogP) is 23.9. The third-order valence-electron chi connectivity index (χ3n) is 14.3. The second kappa shape index (κ2) is 69.8. The topological polar surface area (TPSA) is 78.9 Å². The zero-order valence-electron chi connectivity index (χ0n) is 53.9. The van der Waals surface area contributed by atoms with Crippen molar-refractivity contribution in [2.75, 3.05) is 13.2 Å². The highest BCUT2D eigenvalue weighted by Gasteiger charge is 2.19. The molecular formula is C77H126O6. The van der Waals surface area contributed by atoms with E-state index >= 15 is 0 Å². The Balaban J connectivity index is 4.46. The maximum atomic E-state index is 12.9. The van der Waals surface area contributed by atoms with Crippen molar-refractivity contribution in [2.45, 2.75) is 309 Å². The van der Waals surface area contributed by atoms with Crippen LogP contribution in [0, 0.1) is 0 Å². The number of ether oxygens (including phenoxy) is 3. The number of carbonyl (C=O) groups is 3. The van der Waals surface area contributed by atoms with Gasteiger partial charge in [-0.2, -0.15) is 0 Å². The number of esters is 3. The molecule has 83 heavy (non-hydrogen) atoms. The van der Waals surface area contributed by atoms with Gasteiger partial charge in [0.05, 0.1) is 0 Å². The molecule has 0 aromatic rings. The summed E-state index contributed by atoms with van der Waals surface area (Å²) in [4.78, 5) is 38.4. The molecule has 0 spiro atoms. The largest absolute Gasteiger partial charge is 0.462 e. The summed E-state index contributed by atoms with van der Waals surface area (Å²) in [5.74, 6) is -1.02. The molecule has 0 saturated carbocycles. The molecule has 0 aliphatic carbocycles. The van der Waals surface area contributed by atoms with Crippen LogP contribution in [0.2, 0.25) is 0 Å². The van der Waals surface area contributed by atoms with Crippen LogP contribution in [0.25, 0.3) is 0 Å². The van der Waals surface area contributed by atoms with Crippen LogP contribution < -0.4 is 0 Å². The minimum Gasteiger partial charge on any atom is -0.462 e. The van der Waals surface area contributed by atoms with E-state index in [0.29, 0.717) is 19.3 Å². The summed E-state index contributed by atoms with van der Waals surface area (Å²) in [5.41, 5.74) is 0. The molecule has 1 unspecified atom stereocenters. The van der Waals surface area contributed by atoms with Crippen LogP contribution in [-0.4, -0.2) is 37.2 Å². The molecule has 0 fully saturated rings. The molecule has 1 atom stereocenters. The molecule has 0 heterocycles. The number of rotatable bonds is 61. The van der Waals surface area contributed by atoms with Gasteiger partial charge in [-0.15, -0.1) is 0 Å². The van der Waals surface area contributed by atoms with E-state index in [2.05, 4.69) is 167 Å². The van der Waals surface area contributed by atoms with Crippen molar-refractivity contribution in [2.24, 2.45) is 0 Å². The summed E-state index contributed by atoms with van der Waals surface area (Å²) in [6, 6.07) is 0. The number of allylic oxidation sites excluding steroid dienone is 24. The summed E-state index contributed by atoms with van der Waals surface area (Å²) in [7, 11) is 0. The van der Waals surface area contributed by atoms with Gasteiger partial charge in [-0.05, 0) is 135 Å². The van der Waals surface area contributed by atoms with Crippen molar-refractivity contribution in [3.63, 3.8) is 0 Å². The van der Waals surface area contributed by atoms with Crippen molar-refractivity contribution in [3.05, 3.63) is 146 Å². The number of hydrogen-bond acceptors (Lipinski definition) is 6. The van der Waals surface area contributed by atoms with Crippen LogP contribution >= 0.6 is 0 Å². The first-order chi connectivity index (χ1) is 41.0. The number of carbonyl (C=O) groups excluding carboxylic acids is 3. The van der Waals surface area contributed by atoms with Gasteiger partial charge in [0.15, 0.2) is 6.10 Å². The Kier molecular flexibility index (Phi) is 65.8. The fraction of sp³-hybridized carbons (Fsp3) is 0.649. The Labute approximate surface area is 512 Å². The quantitative estimate of drug-likeness (QED) is 0.0261. The lowest BCUT2D eigenvalue weighted by atomic mass is 10.0.